The minimum absolute atomic E-state index is 0.0328. The number of alkyl halides is 3. The van der Waals surface area contributed by atoms with Crippen LogP contribution < -0.4 is 15.0 Å². The van der Waals surface area contributed by atoms with E-state index in [0.29, 0.717) is 38.5 Å². The first-order chi connectivity index (χ1) is 14.8. The quantitative estimate of drug-likeness (QED) is 0.723. The fraction of sp³-hybridized carbons (Fsp3) is 0.455. The van der Waals surface area contributed by atoms with Crippen LogP contribution in [0.25, 0.3) is 0 Å². The van der Waals surface area contributed by atoms with E-state index in [0.717, 1.165) is 43.0 Å². The van der Waals surface area contributed by atoms with Crippen LogP contribution in [0.4, 0.5) is 19.0 Å². The van der Waals surface area contributed by atoms with Crippen molar-refractivity contribution in [1.82, 2.24) is 15.2 Å². The molecule has 1 saturated heterocycles. The predicted molar refractivity (Wildman–Crippen MR) is 112 cm³/mol. The molecule has 1 N–H and O–H groups in total. The number of anilines is 1. The van der Waals surface area contributed by atoms with Gasteiger partial charge in [-0.2, -0.15) is 13.2 Å². The van der Waals surface area contributed by atoms with Crippen molar-refractivity contribution < 1.29 is 22.7 Å². The number of pyridine rings is 1. The Bertz CT molecular complexity index is 841. The number of benzene rings is 1. The molecule has 3 rings (SSSR count). The van der Waals surface area contributed by atoms with Gasteiger partial charge in [-0.05, 0) is 42.7 Å². The van der Waals surface area contributed by atoms with E-state index in [1.807, 2.05) is 29.2 Å². The topological polar surface area (TPSA) is 57.7 Å². The monoisotopic (exact) mass is 436 g/mol. The number of methoxy groups -OCH3 is 1. The molecule has 2 aromatic rings. The summed E-state index contributed by atoms with van der Waals surface area (Å²) < 4.78 is 43.3. The van der Waals surface area contributed by atoms with Gasteiger partial charge in [0.05, 0.1) is 19.2 Å². The first kappa shape index (κ1) is 22.9. The molecule has 1 aliphatic rings. The zero-order valence-corrected chi connectivity index (χ0v) is 17.5. The van der Waals surface area contributed by atoms with E-state index >= 15 is 0 Å². The first-order valence-corrected chi connectivity index (χ1v) is 10.3. The maximum atomic E-state index is 12.7. The van der Waals surface area contributed by atoms with E-state index in [9.17, 15) is 18.0 Å². The summed E-state index contributed by atoms with van der Waals surface area (Å²) in [6.07, 6.45) is -1.97. The van der Waals surface area contributed by atoms with Crippen LogP contribution in [0.3, 0.4) is 0 Å². The van der Waals surface area contributed by atoms with Crippen LogP contribution >= 0.6 is 0 Å². The summed E-state index contributed by atoms with van der Waals surface area (Å²) in [6, 6.07) is 10.2. The van der Waals surface area contributed by atoms with Gasteiger partial charge in [-0.15, -0.1) is 0 Å². The second-order valence-corrected chi connectivity index (χ2v) is 7.47. The maximum absolute atomic E-state index is 12.7. The molecule has 0 unspecified atom stereocenters. The third-order valence-corrected chi connectivity index (χ3v) is 5.25. The van der Waals surface area contributed by atoms with Gasteiger partial charge in [0.25, 0.3) is 0 Å². The van der Waals surface area contributed by atoms with Gasteiger partial charge in [0.15, 0.2) is 0 Å². The molecule has 6 nitrogen and oxygen atoms in total. The van der Waals surface area contributed by atoms with Crippen LogP contribution in [-0.2, 0) is 17.4 Å². The highest BCUT2D eigenvalue weighted by Crippen LogP contribution is 2.29. The van der Waals surface area contributed by atoms with Gasteiger partial charge in [-0.1, -0.05) is 12.1 Å². The van der Waals surface area contributed by atoms with Gasteiger partial charge in [0, 0.05) is 38.9 Å². The highest BCUT2D eigenvalue weighted by molar-refractivity contribution is 5.78. The van der Waals surface area contributed by atoms with Gasteiger partial charge >= 0.3 is 6.18 Å². The van der Waals surface area contributed by atoms with Gasteiger partial charge in [-0.3, -0.25) is 9.69 Å². The number of ether oxygens (including phenoxy) is 1. The number of halogens is 3. The number of aromatic nitrogens is 1. The molecule has 0 saturated carbocycles. The lowest BCUT2D eigenvalue weighted by Crippen LogP contribution is -2.39. The smallest absolute Gasteiger partial charge is 0.417 e. The molecule has 1 fully saturated rings. The number of hydrogen-bond acceptors (Lipinski definition) is 5. The fourth-order valence-corrected chi connectivity index (χ4v) is 3.50. The van der Waals surface area contributed by atoms with E-state index in [1.165, 1.54) is 6.07 Å². The number of carbonyl (C=O) groups is 1. The van der Waals surface area contributed by atoms with Crippen molar-refractivity contribution >= 4 is 11.7 Å². The SMILES string of the molecule is COc1ccc(CCNC(=O)CN2CCCN(c3ccc(C(F)(F)F)cn3)CC2)cc1. The summed E-state index contributed by atoms with van der Waals surface area (Å²) in [6.45, 7) is 3.56. The molecule has 1 aromatic carbocycles. The van der Waals surface area contributed by atoms with Crippen molar-refractivity contribution in [2.24, 2.45) is 0 Å². The summed E-state index contributed by atoms with van der Waals surface area (Å²) in [5.74, 6) is 1.29. The lowest BCUT2D eigenvalue weighted by atomic mass is 10.1. The molecule has 2 heterocycles. The highest BCUT2D eigenvalue weighted by atomic mass is 19.4. The van der Waals surface area contributed by atoms with Gasteiger partial charge < -0.3 is 15.0 Å². The molecular weight excluding hydrogens is 409 g/mol. The van der Waals surface area contributed by atoms with Crippen molar-refractivity contribution in [3.63, 3.8) is 0 Å². The molecular formula is C22H27F3N4O2. The summed E-state index contributed by atoms with van der Waals surface area (Å²) in [5, 5.41) is 2.95. The number of rotatable bonds is 7. The molecule has 0 aliphatic carbocycles. The maximum Gasteiger partial charge on any atom is 0.417 e. The van der Waals surface area contributed by atoms with Crippen LogP contribution in [0, 0.1) is 0 Å². The number of nitrogens with zero attached hydrogens (tertiary/aromatic N) is 3. The number of nitrogens with one attached hydrogen (secondary N) is 1. The Morgan fingerprint density at radius 3 is 2.52 bits per heavy atom. The molecule has 9 heteroatoms. The average Bonchev–Trinajstić information content (AvgIpc) is 2.99. The molecule has 31 heavy (non-hydrogen) atoms. The normalized spacial score (nSPS) is 15.4. The minimum Gasteiger partial charge on any atom is -0.497 e. The Labute approximate surface area is 180 Å². The van der Waals surface area contributed by atoms with Crippen molar-refractivity contribution in [3.8, 4) is 5.75 Å². The minimum atomic E-state index is -4.39. The lowest BCUT2D eigenvalue weighted by molar-refractivity contribution is -0.137. The number of carbonyl (C=O) groups excluding carboxylic acids is 1. The zero-order valence-electron chi connectivity index (χ0n) is 17.5. The third-order valence-electron chi connectivity index (χ3n) is 5.25. The van der Waals surface area contributed by atoms with Crippen LogP contribution in [0.15, 0.2) is 42.6 Å². The Hall–Kier alpha value is -2.81. The van der Waals surface area contributed by atoms with E-state index in [4.69, 9.17) is 4.74 Å². The Morgan fingerprint density at radius 2 is 1.87 bits per heavy atom. The largest absolute Gasteiger partial charge is 0.497 e. The Balaban J connectivity index is 1.42. The van der Waals surface area contributed by atoms with Gasteiger partial charge in [-0.25, -0.2) is 4.98 Å². The van der Waals surface area contributed by atoms with E-state index in [2.05, 4.69) is 15.2 Å². The fourth-order valence-electron chi connectivity index (χ4n) is 3.50. The second kappa shape index (κ2) is 10.5. The molecule has 1 amide bonds. The molecule has 0 atom stereocenters. The van der Waals surface area contributed by atoms with Crippen molar-refractivity contribution in [2.45, 2.75) is 19.0 Å². The van der Waals surface area contributed by atoms with E-state index in [1.54, 1.807) is 7.11 Å². The van der Waals surface area contributed by atoms with Crippen LogP contribution in [0.2, 0.25) is 0 Å². The van der Waals surface area contributed by atoms with E-state index < -0.39 is 11.7 Å². The van der Waals surface area contributed by atoms with Crippen LogP contribution in [0.1, 0.15) is 17.5 Å². The summed E-state index contributed by atoms with van der Waals surface area (Å²) >= 11 is 0. The number of hydrogen-bond donors (Lipinski definition) is 1. The van der Waals surface area contributed by atoms with Crippen molar-refractivity contribution in [3.05, 3.63) is 53.7 Å². The van der Waals surface area contributed by atoms with Gasteiger partial charge in [0.2, 0.25) is 5.91 Å². The van der Waals surface area contributed by atoms with Crippen LogP contribution in [-0.4, -0.2) is 62.2 Å². The molecule has 1 aliphatic heterocycles. The summed E-state index contributed by atoms with van der Waals surface area (Å²) in [4.78, 5) is 20.3. The van der Waals surface area contributed by atoms with Crippen molar-refractivity contribution in [1.29, 1.82) is 0 Å². The lowest BCUT2D eigenvalue weighted by Gasteiger charge is -2.22. The average molecular weight is 436 g/mol. The highest BCUT2D eigenvalue weighted by Gasteiger charge is 2.31. The van der Waals surface area contributed by atoms with Crippen LogP contribution in [0.5, 0.6) is 5.75 Å². The number of amides is 1. The summed E-state index contributed by atoms with van der Waals surface area (Å²) in [5.41, 5.74) is 0.370. The van der Waals surface area contributed by atoms with Gasteiger partial charge in [0.1, 0.15) is 11.6 Å². The first-order valence-electron chi connectivity index (χ1n) is 10.3. The van der Waals surface area contributed by atoms with E-state index in [-0.39, 0.29) is 5.91 Å². The molecule has 168 valence electrons. The second-order valence-electron chi connectivity index (χ2n) is 7.47. The zero-order chi connectivity index (χ0) is 22.3. The molecule has 0 spiro atoms. The molecule has 0 bridgehead atoms. The summed E-state index contributed by atoms with van der Waals surface area (Å²) in [7, 11) is 1.62. The standard InChI is InChI=1S/C22H27F3N4O2/c1-31-19-6-3-17(4-7-19)9-10-26-21(30)16-28-11-2-12-29(14-13-28)20-8-5-18(15-27-20)22(23,24)25/h3-8,15H,2,9-14,16H2,1H3,(H,26,30). The Morgan fingerprint density at radius 1 is 1.10 bits per heavy atom. The molecule has 1 aromatic heterocycles. The predicted octanol–water partition coefficient (Wildman–Crippen LogP) is 2.98. The Kier molecular flexibility index (Phi) is 7.73. The third kappa shape index (κ3) is 6.85. The van der Waals surface area contributed by atoms with Crippen molar-refractivity contribution in [2.75, 3.05) is 51.3 Å². The molecule has 0 radical (unpaired) electrons.